The molecule has 0 aromatic carbocycles. The first kappa shape index (κ1) is 19.2. The molecule has 0 bridgehead atoms. The third-order valence-corrected chi connectivity index (χ3v) is 2.88. The SMILES string of the molecule is CC(C)(N)O.CCCCC(CC)CS(=O)(=O)O. The van der Waals surface area contributed by atoms with E-state index in [-0.39, 0.29) is 11.7 Å². The number of hydrogen-bond acceptors (Lipinski definition) is 4. The van der Waals surface area contributed by atoms with E-state index in [4.69, 9.17) is 15.4 Å². The van der Waals surface area contributed by atoms with Gasteiger partial charge in [0.2, 0.25) is 0 Å². The van der Waals surface area contributed by atoms with Crippen LogP contribution in [0, 0.1) is 5.92 Å². The van der Waals surface area contributed by atoms with Crippen molar-refractivity contribution in [1.82, 2.24) is 0 Å². The summed E-state index contributed by atoms with van der Waals surface area (Å²) in [5, 5.41) is 8.30. The van der Waals surface area contributed by atoms with Crippen molar-refractivity contribution < 1.29 is 18.1 Å². The van der Waals surface area contributed by atoms with Crippen LogP contribution >= 0.6 is 0 Å². The monoisotopic (exact) mass is 269 g/mol. The van der Waals surface area contributed by atoms with E-state index in [0.717, 1.165) is 25.7 Å². The summed E-state index contributed by atoms with van der Waals surface area (Å²) in [5.41, 5.74) is 3.91. The zero-order chi connectivity index (χ0) is 14.1. The second-order valence-electron chi connectivity index (χ2n) is 4.82. The maximum atomic E-state index is 10.5. The zero-order valence-corrected chi connectivity index (χ0v) is 12.1. The Hall–Kier alpha value is -0.170. The molecule has 0 aliphatic heterocycles. The van der Waals surface area contributed by atoms with E-state index in [1.165, 1.54) is 13.8 Å². The van der Waals surface area contributed by atoms with Crippen LogP contribution in [0.4, 0.5) is 0 Å². The number of hydrogen-bond donors (Lipinski definition) is 3. The summed E-state index contributed by atoms with van der Waals surface area (Å²) in [4.78, 5) is 0. The molecule has 0 heterocycles. The smallest absolute Gasteiger partial charge is 0.265 e. The van der Waals surface area contributed by atoms with Gasteiger partial charge in [-0.15, -0.1) is 0 Å². The first-order valence-electron chi connectivity index (χ1n) is 5.96. The second kappa shape index (κ2) is 8.85. The fourth-order valence-electron chi connectivity index (χ4n) is 1.20. The highest BCUT2D eigenvalue weighted by Gasteiger charge is 2.14. The number of nitrogens with two attached hydrogens (primary N) is 1. The quantitative estimate of drug-likeness (QED) is 0.504. The van der Waals surface area contributed by atoms with Crippen LogP contribution in [0.1, 0.15) is 53.4 Å². The largest absolute Gasteiger partial charge is 0.377 e. The number of unbranched alkanes of at least 4 members (excludes halogenated alkanes) is 1. The first-order chi connectivity index (χ1) is 7.49. The fourth-order valence-corrected chi connectivity index (χ4v) is 2.19. The molecule has 1 atom stereocenters. The summed E-state index contributed by atoms with van der Waals surface area (Å²) in [6.07, 6.45) is 3.82. The van der Waals surface area contributed by atoms with Gasteiger partial charge in [0, 0.05) is 0 Å². The van der Waals surface area contributed by atoms with E-state index >= 15 is 0 Å². The Balaban J connectivity index is 0. The van der Waals surface area contributed by atoms with Crippen LogP contribution in [0.2, 0.25) is 0 Å². The van der Waals surface area contributed by atoms with E-state index in [0.29, 0.717) is 0 Å². The molecule has 0 aliphatic carbocycles. The molecule has 0 rings (SSSR count). The van der Waals surface area contributed by atoms with E-state index in [2.05, 4.69) is 6.92 Å². The van der Waals surface area contributed by atoms with Crippen LogP contribution in [0.3, 0.4) is 0 Å². The Morgan fingerprint density at radius 3 is 1.94 bits per heavy atom. The maximum absolute atomic E-state index is 10.5. The Kier molecular flexibility index (Phi) is 9.99. The van der Waals surface area contributed by atoms with Gasteiger partial charge in [-0.1, -0.05) is 33.1 Å². The van der Waals surface area contributed by atoms with E-state index in [1.807, 2.05) is 6.92 Å². The van der Waals surface area contributed by atoms with Gasteiger partial charge in [-0.25, -0.2) is 0 Å². The Labute approximate surface area is 105 Å². The standard InChI is InChI=1S/C8H18O3S.C3H9NO/c1-3-5-6-8(4-2)7-12(9,10)11;1-3(2,4)5/h8H,3-7H2,1-2H3,(H,9,10,11);5H,4H2,1-2H3. The maximum Gasteiger partial charge on any atom is 0.265 e. The molecule has 0 aromatic rings. The highest BCUT2D eigenvalue weighted by Crippen LogP contribution is 2.14. The minimum atomic E-state index is -3.77. The van der Waals surface area contributed by atoms with Crippen molar-refractivity contribution in [2.75, 3.05) is 5.75 Å². The Morgan fingerprint density at radius 1 is 1.29 bits per heavy atom. The van der Waals surface area contributed by atoms with Crippen LogP contribution in [-0.2, 0) is 10.1 Å². The van der Waals surface area contributed by atoms with Gasteiger partial charge in [0.1, 0.15) is 5.72 Å². The van der Waals surface area contributed by atoms with Gasteiger partial charge < -0.3 is 10.8 Å². The second-order valence-corrected chi connectivity index (χ2v) is 6.32. The average Bonchev–Trinajstić information content (AvgIpc) is 2.07. The normalized spacial score (nSPS) is 13.8. The first-order valence-corrected chi connectivity index (χ1v) is 7.56. The van der Waals surface area contributed by atoms with Crippen molar-refractivity contribution in [3.8, 4) is 0 Å². The van der Waals surface area contributed by atoms with Crippen LogP contribution in [0.5, 0.6) is 0 Å². The van der Waals surface area contributed by atoms with Crippen molar-refractivity contribution in [3.63, 3.8) is 0 Å². The molecule has 0 aromatic heterocycles. The third-order valence-electron chi connectivity index (χ3n) is 1.99. The van der Waals surface area contributed by atoms with Gasteiger partial charge in [0.15, 0.2) is 0 Å². The van der Waals surface area contributed by atoms with Crippen LogP contribution in [-0.4, -0.2) is 29.6 Å². The molecular weight excluding hydrogens is 242 g/mol. The lowest BCUT2D eigenvalue weighted by Gasteiger charge is -2.11. The van der Waals surface area contributed by atoms with Crippen LogP contribution in [0.25, 0.3) is 0 Å². The summed E-state index contributed by atoms with van der Waals surface area (Å²) in [6.45, 7) is 7.06. The van der Waals surface area contributed by atoms with Crippen molar-refractivity contribution in [2.24, 2.45) is 11.7 Å². The van der Waals surface area contributed by atoms with Crippen LogP contribution in [0.15, 0.2) is 0 Å². The van der Waals surface area contributed by atoms with E-state index < -0.39 is 15.8 Å². The molecule has 4 N–H and O–H groups in total. The molecule has 0 amide bonds. The zero-order valence-electron chi connectivity index (χ0n) is 11.3. The minimum Gasteiger partial charge on any atom is -0.377 e. The summed E-state index contributed by atoms with van der Waals surface area (Å²) in [5.74, 6) is 0.0451. The Bertz CT molecular complexity index is 264. The molecular formula is C11H27NO4S. The van der Waals surface area contributed by atoms with Gasteiger partial charge in [-0.2, -0.15) is 8.42 Å². The number of aliphatic hydroxyl groups is 1. The molecule has 0 aliphatic rings. The lowest BCUT2D eigenvalue weighted by atomic mass is 10.0. The molecule has 1 unspecified atom stereocenters. The fraction of sp³-hybridized carbons (Fsp3) is 1.00. The molecule has 0 spiro atoms. The molecule has 106 valence electrons. The van der Waals surface area contributed by atoms with E-state index in [9.17, 15) is 8.42 Å². The van der Waals surface area contributed by atoms with Crippen molar-refractivity contribution in [1.29, 1.82) is 0 Å². The highest BCUT2D eigenvalue weighted by atomic mass is 32.2. The lowest BCUT2D eigenvalue weighted by molar-refractivity contribution is 0.0881. The summed E-state index contributed by atoms with van der Waals surface area (Å²) in [7, 11) is -3.77. The van der Waals surface area contributed by atoms with E-state index in [1.54, 1.807) is 0 Å². The lowest BCUT2D eigenvalue weighted by Crippen LogP contribution is -2.30. The Morgan fingerprint density at radius 2 is 1.71 bits per heavy atom. The van der Waals surface area contributed by atoms with Gasteiger partial charge in [-0.05, 0) is 26.2 Å². The predicted molar refractivity (Wildman–Crippen MR) is 70.2 cm³/mol. The van der Waals surface area contributed by atoms with Gasteiger partial charge in [-0.3, -0.25) is 4.55 Å². The average molecular weight is 269 g/mol. The van der Waals surface area contributed by atoms with Crippen molar-refractivity contribution in [3.05, 3.63) is 0 Å². The summed E-state index contributed by atoms with van der Waals surface area (Å²) >= 11 is 0. The summed E-state index contributed by atoms with van der Waals surface area (Å²) < 4.78 is 29.6. The predicted octanol–water partition coefficient (Wildman–Crippen LogP) is 1.76. The molecule has 6 heteroatoms. The number of rotatable bonds is 6. The van der Waals surface area contributed by atoms with Gasteiger partial charge >= 0.3 is 0 Å². The van der Waals surface area contributed by atoms with Crippen molar-refractivity contribution >= 4 is 10.1 Å². The topological polar surface area (TPSA) is 101 Å². The van der Waals surface area contributed by atoms with Crippen molar-refractivity contribution in [2.45, 2.75) is 59.1 Å². The molecule has 0 radical (unpaired) electrons. The molecule has 17 heavy (non-hydrogen) atoms. The third kappa shape index (κ3) is 25.8. The molecule has 0 fully saturated rings. The summed E-state index contributed by atoms with van der Waals surface area (Å²) in [6, 6.07) is 0. The molecule has 5 nitrogen and oxygen atoms in total. The highest BCUT2D eigenvalue weighted by molar-refractivity contribution is 7.85. The minimum absolute atomic E-state index is 0.0799. The van der Waals surface area contributed by atoms with Crippen LogP contribution < -0.4 is 5.73 Å². The molecule has 0 saturated heterocycles. The van der Waals surface area contributed by atoms with Gasteiger partial charge in [0.25, 0.3) is 10.1 Å². The molecule has 0 saturated carbocycles. The van der Waals surface area contributed by atoms with Gasteiger partial charge in [0.05, 0.1) is 5.75 Å².